The molecule has 1 aromatic heterocycles. The summed E-state index contributed by atoms with van der Waals surface area (Å²) in [4.78, 5) is 7.27. The molecule has 0 radical (unpaired) electrons. The highest BCUT2D eigenvalue weighted by atomic mass is 79.9. The van der Waals surface area contributed by atoms with Crippen LogP contribution in [0, 0.1) is 0 Å². The molecule has 1 saturated heterocycles. The molecule has 0 atom stereocenters. The van der Waals surface area contributed by atoms with E-state index in [1.54, 1.807) is 0 Å². The molecular formula is C19H20BrN3O. The molecule has 24 heavy (non-hydrogen) atoms. The van der Waals surface area contributed by atoms with Crippen LogP contribution in [0.15, 0.2) is 53.0 Å². The number of imidazole rings is 1. The number of likely N-dealkylation sites (tertiary alicyclic amines) is 1. The summed E-state index contributed by atoms with van der Waals surface area (Å²) >= 11 is 3.45. The maximum atomic E-state index is 5.96. The van der Waals surface area contributed by atoms with E-state index in [2.05, 4.69) is 43.6 Å². The van der Waals surface area contributed by atoms with E-state index in [9.17, 15) is 0 Å². The van der Waals surface area contributed by atoms with Crippen LogP contribution in [0.5, 0.6) is 5.75 Å². The smallest absolute Gasteiger partial charge is 0.149 e. The molecule has 2 aromatic carbocycles. The van der Waals surface area contributed by atoms with Crippen molar-refractivity contribution in [2.45, 2.75) is 26.1 Å². The Morgan fingerprint density at radius 2 is 1.75 bits per heavy atom. The van der Waals surface area contributed by atoms with Crippen molar-refractivity contribution < 1.29 is 4.74 Å². The van der Waals surface area contributed by atoms with Gasteiger partial charge in [-0.2, -0.15) is 0 Å². The highest BCUT2D eigenvalue weighted by molar-refractivity contribution is 9.10. The molecule has 0 aliphatic carbocycles. The number of hydrogen-bond donors (Lipinski definition) is 0. The third-order valence-electron chi connectivity index (χ3n) is 4.46. The van der Waals surface area contributed by atoms with Crippen LogP contribution in [0.25, 0.3) is 11.0 Å². The number of halogens is 1. The lowest BCUT2D eigenvalue weighted by Gasteiger charge is -2.18. The first-order valence-electron chi connectivity index (χ1n) is 8.34. The largest absolute Gasteiger partial charge is 0.486 e. The normalized spacial score (nSPS) is 15.2. The number of benzene rings is 2. The van der Waals surface area contributed by atoms with Crippen molar-refractivity contribution >= 4 is 27.0 Å². The van der Waals surface area contributed by atoms with Crippen LogP contribution in [-0.2, 0) is 13.3 Å². The monoisotopic (exact) mass is 385 g/mol. The van der Waals surface area contributed by atoms with Gasteiger partial charge in [0.2, 0.25) is 0 Å². The van der Waals surface area contributed by atoms with Gasteiger partial charge in [0.05, 0.1) is 17.7 Å². The number of fused-ring (bicyclic) bond motifs is 1. The molecule has 0 N–H and O–H groups in total. The number of aromatic nitrogens is 2. The molecule has 0 amide bonds. The summed E-state index contributed by atoms with van der Waals surface area (Å²) in [6.45, 7) is 3.70. The van der Waals surface area contributed by atoms with Gasteiger partial charge in [0.25, 0.3) is 0 Å². The lowest BCUT2D eigenvalue weighted by atomic mass is 10.3. The summed E-state index contributed by atoms with van der Waals surface area (Å²) in [6, 6.07) is 16.2. The van der Waals surface area contributed by atoms with Gasteiger partial charge in [-0.1, -0.05) is 28.1 Å². The van der Waals surface area contributed by atoms with Crippen molar-refractivity contribution in [3.05, 3.63) is 58.8 Å². The van der Waals surface area contributed by atoms with Crippen LogP contribution < -0.4 is 4.74 Å². The fourth-order valence-electron chi connectivity index (χ4n) is 3.20. The summed E-state index contributed by atoms with van der Waals surface area (Å²) in [6.07, 6.45) is 2.58. The molecule has 2 heterocycles. The molecule has 1 aliphatic rings. The van der Waals surface area contributed by atoms with E-state index < -0.39 is 0 Å². The van der Waals surface area contributed by atoms with Gasteiger partial charge >= 0.3 is 0 Å². The van der Waals surface area contributed by atoms with Crippen LogP contribution in [0.2, 0.25) is 0 Å². The number of nitrogens with zero attached hydrogens (tertiary/aromatic N) is 3. The second-order valence-electron chi connectivity index (χ2n) is 6.15. The van der Waals surface area contributed by atoms with E-state index in [1.165, 1.54) is 31.4 Å². The third kappa shape index (κ3) is 3.32. The van der Waals surface area contributed by atoms with Crippen molar-refractivity contribution in [1.29, 1.82) is 0 Å². The number of rotatable bonds is 5. The van der Waals surface area contributed by atoms with Gasteiger partial charge in [-0.15, -0.1) is 0 Å². The van der Waals surface area contributed by atoms with Crippen molar-refractivity contribution in [3.63, 3.8) is 0 Å². The summed E-state index contributed by atoms with van der Waals surface area (Å²) in [7, 11) is 0. The van der Waals surface area contributed by atoms with Crippen molar-refractivity contribution in [2.24, 2.45) is 0 Å². The lowest BCUT2D eigenvalue weighted by Crippen LogP contribution is -2.24. The predicted octanol–water partition coefficient (Wildman–Crippen LogP) is 4.43. The SMILES string of the molecule is Brc1ccc(OCc2nc3ccccc3n2CN2CCCC2)cc1. The summed E-state index contributed by atoms with van der Waals surface area (Å²) < 4.78 is 9.30. The highest BCUT2D eigenvalue weighted by Gasteiger charge is 2.17. The Morgan fingerprint density at radius 3 is 2.54 bits per heavy atom. The van der Waals surface area contributed by atoms with Crippen molar-refractivity contribution in [3.8, 4) is 5.75 Å². The molecular weight excluding hydrogens is 366 g/mol. The minimum Gasteiger partial charge on any atom is -0.486 e. The summed E-state index contributed by atoms with van der Waals surface area (Å²) in [5, 5.41) is 0. The van der Waals surface area contributed by atoms with Crippen molar-refractivity contribution in [1.82, 2.24) is 14.5 Å². The van der Waals surface area contributed by atoms with Gasteiger partial charge in [-0.05, 0) is 62.3 Å². The van der Waals surface area contributed by atoms with E-state index in [0.717, 1.165) is 28.2 Å². The van der Waals surface area contributed by atoms with Gasteiger partial charge in [-0.3, -0.25) is 4.90 Å². The molecule has 3 aromatic rings. The Bertz CT molecular complexity index is 822. The molecule has 1 fully saturated rings. The molecule has 5 heteroatoms. The topological polar surface area (TPSA) is 30.3 Å². The van der Waals surface area contributed by atoms with Crippen molar-refractivity contribution in [2.75, 3.05) is 13.1 Å². The average Bonchev–Trinajstić information content (AvgIpc) is 3.23. The van der Waals surface area contributed by atoms with Gasteiger partial charge < -0.3 is 9.30 Å². The highest BCUT2D eigenvalue weighted by Crippen LogP contribution is 2.21. The zero-order valence-corrected chi connectivity index (χ0v) is 15.1. The van der Waals surface area contributed by atoms with Gasteiger partial charge in [-0.25, -0.2) is 4.98 Å². The second kappa shape index (κ2) is 6.95. The van der Waals surface area contributed by atoms with Crippen LogP contribution in [-0.4, -0.2) is 27.5 Å². The average molecular weight is 386 g/mol. The lowest BCUT2D eigenvalue weighted by molar-refractivity contribution is 0.246. The van der Waals surface area contributed by atoms with E-state index in [0.29, 0.717) is 6.61 Å². The molecule has 124 valence electrons. The molecule has 0 spiro atoms. The number of hydrogen-bond acceptors (Lipinski definition) is 3. The van der Waals surface area contributed by atoms with Gasteiger partial charge in [0.1, 0.15) is 18.2 Å². The maximum absolute atomic E-state index is 5.96. The van der Waals surface area contributed by atoms with Gasteiger partial charge in [0, 0.05) is 4.47 Å². The Labute approximate surface area is 150 Å². The zero-order valence-electron chi connectivity index (χ0n) is 13.5. The van der Waals surface area contributed by atoms with Crippen LogP contribution in [0.1, 0.15) is 18.7 Å². The Hall–Kier alpha value is -1.85. The minimum absolute atomic E-state index is 0.476. The molecule has 4 rings (SSSR count). The maximum Gasteiger partial charge on any atom is 0.149 e. The van der Waals surface area contributed by atoms with Gasteiger partial charge in [0.15, 0.2) is 0 Å². The van der Waals surface area contributed by atoms with E-state index >= 15 is 0 Å². The molecule has 4 nitrogen and oxygen atoms in total. The predicted molar refractivity (Wildman–Crippen MR) is 99.0 cm³/mol. The fraction of sp³-hybridized carbons (Fsp3) is 0.316. The van der Waals surface area contributed by atoms with E-state index in [-0.39, 0.29) is 0 Å². The Kier molecular flexibility index (Phi) is 4.54. The molecule has 1 aliphatic heterocycles. The summed E-state index contributed by atoms with van der Waals surface area (Å²) in [5.41, 5.74) is 2.21. The number of ether oxygens (including phenoxy) is 1. The standard InChI is InChI=1S/C19H20BrN3O/c20-15-7-9-16(10-8-15)24-13-19-21-17-5-1-2-6-18(17)23(19)14-22-11-3-4-12-22/h1-2,5-10H,3-4,11-14H2. The zero-order chi connectivity index (χ0) is 16.4. The Morgan fingerprint density at radius 1 is 1.00 bits per heavy atom. The minimum atomic E-state index is 0.476. The Balaban J connectivity index is 1.59. The first-order valence-corrected chi connectivity index (χ1v) is 9.14. The third-order valence-corrected chi connectivity index (χ3v) is 4.98. The van der Waals surface area contributed by atoms with Crippen LogP contribution in [0.3, 0.4) is 0 Å². The van der Waals surface area contributed by atoms with Crippen LogP contribution in [0.4, 0.5) is 0 Å². The molecule has 0 bridgehead atoms. The molecule has 0 unspecified atom stereocenters. The molecule has 0 saturated carbocycles. The fourth-order valence-corrected chi connectivity index (χ4v) is 3.46. The quantitative estimate of drug-likeness (QED) is 0.650. The van der Waals surface area contributed by atoms with Crippen LogP contribution >= 0.6 is 15.9 Å². The summed E-state index contributed by atoms with van der Waals surface area (Å²) in [5.74, 6) is 1.84. The van der Waals surface area contributed by atoms with E-state index in [1.807, 2.05) is 30.3 Å². The number of para-hydroxylation sites is 2. The second-order valence-corrected chi connectivity index (χ2v) is 7.07. The first kappa shape index (κ1) is 15.7. The first-order chi connectivity index (χ1) is 11.8. The van der Waals surface area contributed by atoms with E-state index in [4.69, 9.17) is 9.72 Å².